The van der Waals surface area contributed by atoms with Crippen LogP contribution in [-0.2, 0) is 6.42 Å². The van der Waals surface area contributed by atoms with E-state index in [2.05, 4.69) is 69.5 Å². The number of hydrogen-bond acceptors (Lipinski definition) is 5. The van der Waals surface area contributed by atoms with Crippen LogP contribution >= 0.6 is 0 Å². The van der Waals surface area contributed by atoms with Gasteiger partial charge >= 0.3 is 6.09 Å². The van der Waals surface area contributed by atoms with E-state index in [0.29, 0.717) is 12.3 Å². The first kappa shape index (κ1) is 23.7. The molecule has 0 bridgehead atoms. The molecule has 1 amide bonds. The van der Waals surface area contributed by atoms with Gasteiger partial charge in [0.25, 0.3) is 0 Å². The second-order valence-electron chi connectivity index (χ2n) is 8.94. The Morgan fingerprint density at radius 1 is 1.06 bits per heavy atom. The lowest BCUT2D eigenvalue weighted by Crippen LogP contribution is -2.47. The van der Waals surface area contributed by atoms with E-state index in [9.17, 15) is 4.79 Å². The van der Waals surface area contributed by atoms with Crippen LogP contribution in [-0.4, -0.2) is 65.4 Å². The number of nitrogens with zero attached hydrogens (tertiary/aromatic N) is 3. The number of aromatic amines is 1. The largest absolute Gasteiger partial charge is 0.492 e. The van der Waals surface area contributed by atoms with Gasteiger partial charge in [-0.25, -0.2) is 9.78 Å². The SMILES string of the molecule is CCc1cccc(-c2nc3c(N4CCN(CCOc5ccc(NC(=O)O)cc5)CC4)cccc3[nH]2)c1. The fraction of sp³-hybridized carbons (Fsp3) is 0.286. The number of hydrogen-bond donors (Lipinski definition) is 3. The third kappa shape index (κ3) is 5.44. The van der Waals surface area contributed by atoms with E-state index < -0.39 is 6.09 Å². The minimum Gasteiger partial charge on any atom is -0.492 e. The quantitative estimate of drug-likeness (QED) is 0.322. The van der Waals surface area contributed by atoms with Crippen LogP contribution in [0.1, 0.15) is 12.5 Å². The molecule has 1 aliphatic rings. The first-order valence-corrected chi connectivity index (χ1v) is 12.4. The number of imidazole rings is 1. The highest BCUT2D eigenvalue weighted by atomic mass is 16.5. The van der Waals surface area contributed by atoms with E-state index in [4.69, 9.17) is 14.8 Å². The molecule has 0 saturated carbocycles. The molecule has 5 rings (SSSR count). The number of anilines is 2. The summed E-state index contributed by atoms with van der Waals surface area (Å²) >= 11 is 0. The molecule has 0 atom stereocenters. The van der Waals surface area contributed by atoms with Crippen molar-refractivity contribution in [3.05, 3.63) is 72.3 Å². The third-order valence-electron chi connectivity index (χ3n) is 6.59. The minimum atomic E-state index is -1.08. The van der Waals surface area contributed by atoms with E-state index in [0.717, 1.165) is 67.3 Å². The Balaban J connectivity index is 1.17. The Kier molecular flexibility index (Phi) is 7.04. The normalized spacial score (nSPS) is 14.2. The number of carbonyl (C=O) groups is 1. The van der Waals surface area contributed by atoms with Gasteiger partial charge < -0.3 is 19.7 Å². The van der Waals surface area contributed by atoms with Crippen LogP contribution in [0.4, 0.5) is 16.2 Å². The maximum absolute atomic E-state index is 10.7. The first-order chi connectivity index (χ1) is 17.6. The van der Waals surface area contributed by atoms with E-state index in [1.807, 2.05) is 0 Å². The average Bonchev–Trinajstić information content (AvgIpc) is 3.35. The summed E-state index contributed by atoms with van der Waals surface area (Å²) in [6, 6.07) is 21.9. The van der Waals surface area contributed by atoms with Gasteiger partial charge in [-0.15, -0.1) is 0 Å². The van der Waals surface area contributed by atoms with Crippen LogP contribution in [0.15, 0.2) is 66.7 Å². The highest BCUT2D eigenvalue weighted by Gasteiger charge is 2.20. The predicted octanol–water partition coefficient (Wildman–Crippen LogP) is 5.08. The first-order valence-electron chi connectivity index (χ1n) is 12.4. The van der Waals surface area contributed by atoms with Crippen LogP contribution in [0.5, 0.6) is 5.75 Å². The number of ether oxygens (including phenoxy) is 1. The standard InChI is InChI=1S/C28H31N5O3/c1-2-20-5-3-6-21(19-20)27-30-24-7-4-8-25(26(24)31-27)33-15-13-32(14-16-33)17-18-36-23-11-9-22(10-12-23)29-28(34)35/h3-12,19,29H,2,13-18H2,1H3,(H,30,31)(H,34,35). The topological polar surface area (TPSA) is 93.7 Å². The van der Waals surface area contributed by atoms with Crippen LogP contribution in [0.25, 0.3) is 22.4 Å². The molecule has 0 unspecified atom stereocenters. The number of piperazine rings is 1. The second kappa shape index (κ2) is 10.7. The average molecular weight is 486 g/mol. The van der Waals surface area contributed by atoms with Crippen molar-refractivity contribution in [1.29, 1.82) is 0 Å². The van der Waals surface area contributed by atoms with E-state index >= 15 is 0 Å². The number of para-hydroxylation sites is 1. The van der Waals surface area contributed by atoms with Crippen molar-refractivity contribution < 1.29 is 14.6 Å². The Morgan fingerprint density at radius 2 is 1.83 bits per heavy atom. The molecule has 1 saturated heterocycles. The van der Waals surface area contributed by atoms with Crippen molar-refractivity contribution in [1.82, 2.24) is 14.9 Å². The Hall–Kier alpha value is -4.04. The molecular formula is C28H31N5O3. The number of rotatable bonds is 8. The molecule has 3 N–H and O–H groups in total. The van der Waals surface area contributed by atoms with E-state index in [-0.39, 0.29) is 0 Å². The van der Waals surface area contributed by atoms with Crippen molar-refractivity contribution in [2.24, 2.45) is 0 Å². The summed E-state index contributed by atoms with van der Waals surface area (Å²) in [5.41, 5.74) is 6.21. The molecule has 0 spiro atoms. The molecule has 36 heavy (non-hydrogen) atoms. The number of nitrogens with one attached hydrogen (secondary N) is 2. The van der Waals surface area contributed by atoms with Gasteiger partial charge in [-0.2, -0.15) is 0 Å². The lowest BCUT2D eigenvalue weighted by molar-refractivity contribution is 0.200. The van der Waals surface area contributed by atoms with Gasteiger partial charge in [-0.3, -0.25) is 10.2 Å². The molecule has 186 valence electrons. The molecule has 1 aromatic heterocycles. The van der Waals surface area contributed by atoms with E-state index in [1.54, 1.807) is 24.3 Å². The highest BCUT2D eigenvalue weighted by Crippen LogP contribution is 2.29. The lowest BCUT2D eigenvalue weighted by Gasteiger charge is -2.36. The van der Waals surface area contributed by atoms with Crippen LogP contribution in [0.2, 0.25) is 0 Å². The van der Waals surface area contributed by atoms with Gasteiger partial charge in [0, 0.05) is 44.0 Å². The van der Waals surface area contributed by atoms with Gasteiger partial charge in [-0.05, 0) is 54.4 Å². The van der Waals surface area contributed by atoms with Crippen molar-refractivity contribution in [3.63, 3.8) is 0 Å². The fourth-order valence-electron chi connectivity index (χ4n) is 4.61. The van der Waals surface area contributed by atoms with Gasteiger partial charge in [-0.1, -0.05) is 31.2 Å². The molecule has 2 heterocycles. The molecule has 8 heteroatoms. The predicted molar refractivity (Wildman–Crippen MR) is 143 cm³/mol. The summed E-state index contributed by atoms with van der Waals surface area (Å²) in [4.78, 5) is 24.0. The maximum atomic E-state index is 10.7. The molecule has 8 nitrogen and oxygen atoms in total. The lowest BCUT2D eigenvalue weighted by atomic mass is 10.1. The van der Waals surface area contributed by atoms with Gasteiger partial charge in [0.1, 0.15) is 23.7 Å². The third-order valence-corrected chi connectivity index (χ3v) is 6.59. The highest BCUT2D eigenvalue weighted by molar-refractivity contribution is 5.91. The molecule has 0 aliphatic carbocycles. The number of fused-ring (bicyclic) bond motifs is 1. The van der Waals surface area contributed by atoms with Crippen molar-refractivity contribution >= 4 is 28.5 Å². The van der Waals surface area contributed by atoms with Gasteiger partial charge in [0.2, 0.25) is 0 Å². The number of carboxylic acid groups (broad SMARTS) is 1. The molecular weight excluding hydrogens is 454 g/mol. The van der Waals surface area contributed by atoms with Gasteiger partial charge in [0.05, 0.1) is 11.2 Å². The molecule has 1 fully saturated rings. The number of aromatic nitrogens is 2. The molecule has 3 aromatic carbocycles. The summed E-state index contributed by atoms with van der Waals surface area (Å²) in [5, 5.41) is 11.1. The Labute approximate surface area is 210 Å². The zero-order chi connectivity index (χ0) is 24.9. The molecule has 4 aromatic rings. The van der Waals surface area contributed by atoms with Gasteiger partial charge in [0.15, 0.2) is 0 Å². The molecule has 0 radical (unpaired) electrons. The number of aryl methyl sites for hydroxylation is 1. The summed E-state index contributed by atoms with van der Waals surface area (Å²) in [6.45, 7) is 7.37. The summed E-state index contributed by atoms with van der Waals surface area (Å²) in [5.74, 6) is 1.64. The Bertz CT molecular complexity index is 1330. The van der Waals surface area contributed by atoms with Crippen molar-refractivity contribution in [2.45, 2.75) is 13.3 Å². The van der Waals surface area contributed by atoms with Crippen molar-refractivity contribution in [3.8, 4) is 17.1 Å². The fourth-order valence-corrected chi connectivity index (χ4v) is 4.61. The van der Waals surface area contributed by atoms with Crippen LogP contribution in [0.3, 0.4) is 0 Å². The monoisotopic (exact) mass is 485 g/mol. The van der Waals surface area contributed by atoms with Crippen molar-refractivity contribution in [2.75, 3.05) is 49.5 Å². The maximum Gasteiger partial charge on any atom is 0.409 e. The Morgan fingerprint density at radius 3 is 2.58 bits per heavy atom. The summed E-state index contributed by atoms with van der Waals surface area (Å²) in [6.07, 6.45) is -0.0703. The number of H-pyrrole nitrogens is 1. The summed E-state index contributed by atoms with van der Waals surface area (Å²) < 4.78 is 5.85. The second-order valence-corrected chi connectivity index (χ2v) is 8.94. The minimum absolute atomic E-state index is 0.527. The number of benzene rings is 3. The van der Waals surface area contributed by atoms with E-state index in [1.165, 1.54) is 11.3 Å². The number of amides is 1. The summed E-state index contributed by atoms with van der Waals surface area (Å²) in [7, 11) is 0. The zero-order valence-electron chi connectivity index (χ0n) is 20.4. The van der Waals surface area contributed by atoms with Crippen LogP contribution in [0, 0.1) is 0 Å². The van der Waals surface area contributed by atoms with Crippen LogP contribution < -0.4 is 15.0 Å². The smallest absolute Gasteiger partial charge is 0.409 e. The zero-order valence-corrected chi connectivity index (χ0v) is 20.4. The molecule has 1 aliphatic heterocycles.